The van der Waals surface area contributed by atoms with E-state index in [-0.39, 0.29) is 6.42 Å². The summed E-state index contributed by atoms with van der Waals surface area (Å²) in [5, 5.41) is 10.3. The Morgan fingerprint density at radius 2 is 2.07 bits per heavy atom. The standard InChI is InChI=1S/C12H17NO2/c1-10-5-3-4-6-11(10)9-13(2)8-7-12(14)15/h3-6H,7-9H2,1-2H3,(H,14,15). The van der Waals surface area contributed by atoms with E-state index >= 15 is 0 Å². The van der Waals surface area contributed by atoms with Crippen molar-refractivity contribution in [3.8, 4) is 0 Å². The number of carbonyl (C=O) groups is 1. The number of hydrogen-bond donors (Lipinski definition) is 1. The van der Waals surface area contributed by atoms with Crippen molar-refractivity contribution in [3.63, 3.8) is 0 Å². The van der Waals surface area contributed by atoms with Crippen LogP contribution < -0.4 is 10.0 Å². The van der Waals surface area contributed by atoms with E-state index in [0.717, 1.165) is 6.54 Å². The highest BCUT2D eigenvalue weighted by Crippen LogP contribution is 2.04. The Morgan fingerprint density at radius 3 is 2.67 bits per heavy atom. The number of aliphatic carboxylic acids is 1. The normalized spacial score (nSPS) is 12.4. The first kappa shape index (κ1) is 11.7. The van der Waals surface area contributed by atoms with Gasteiger partial charge in [0.2, 0.25) is 0 Å². The number of carboxylic acid groups (broad SMARTS) is 1. The van der Waals surface area contributed by atoms with E-state index in [1.165, 1.54) is 16.0 Å². The predicted octanol–water partition coefficient (Wildman–Crippen LogP) is -0.850. The van der Waals surface area contributed by atoms with E-state index < -0.39 is 5.97 Å². The molecular weight excluding hydrogens is 190 g/mol. The lowest BCUT2D eigenvalue weighted by atomic mass is 10.1. The Hall–Kier alpha value is -1.35. The minimum absolute atomic E-state index is 0.123. The number of carbonyl (C=O) groups excluding carboxylic acids is 1. The zero-order valence-corrected chi connectivity index (χ0v) is 9.25. The molecule has 0 aromatic heterocycles. The molecule has 1 atom stereocenters. The Morgan fingerprint density at radius 1 is 1.40 bits per heavy atom. The van der Waals surface area contributed by atoms with E-state index in [1.807, 2.05) is 19.2 Å². The van der Waals surface area contributed by atoms with Crippen LogP contribution in [0.15, 0.2) is 24.3 Å². The van der Waals surface area contributed by atoms with Crippen LogP contribution in [0.25, 0.3) is 0 Å². The predicted molar refractivity (Wildman–Crippen MR) is 56.3 cm³/mol. The van der Waals surface area contributed by atoms with Gasteiger partial charge < -0.3 is 14.8 Å². The van der Waals surface area contributed by atoms with Gasteiger partial charge in [0.25, 0.3) is 0 Å². The molecule has 0 spiro atoms. The maximum absolute atomic E-state index is 10.3. The fourth-order valence-electron chi connectivity index (χ4n) is 1.54. The topological polar surface area (TPSA) is 44.6 Å². The van der Waals surface area contributed by atoms with Crippen molar-refractivity contribution in [2.24, 2.45) is 0 Å². The van der Waals surface area contributed by atoms with Crippen LogP contribution in [0.2, 0.25) is 0 Å². The van der Waals surface area contributed by atoms with Crippen LogP contribution in [0.5, 0.6) is 0 Å². The molecule has 1 aromatic rings. The quantitative estimate of drug-likeness (QED) is 0.683. The van der Waals surface area contributed by atoms with Gasteiger partial charge in [0.05, 0.1) is 13.6 Å². The van der Waals surface area contributed by atoms with Crippen LogP contribution in [0.4, 0.5) is 0 Å². The summed E-state index contributed by atoms with van der Waals surface area (Å²) >= 11 is 0. The first-order valence-corrected chi connectivity index (χ1v) is 5.15. The molecule has 0 radical (unpaired) electrons. The molecule has 1 rings (SSSR count). The van der Waals surface area contributed by atoms with Gasteiger partial charge in [0, 0.05) is 18.0 Å². The molecule has 0 aliphatic heterocycles. The van der Waals surface area contributed by atoms with Gasteiger partial charge in [-0.05, 0) is 12.5 Å². The molecule has 0 aliphatic carbocycles. The van der Waals surface area contributed by atoms with E-state index in [2.05, 4.69) is 19.1 Å². The second-order valence-electron chi connectivity index (χ2n) is 3.93. The number of quaternary nitrogens is 1. The van der Waals surface area contributed by atoms with Crippen LogP contribution in [0.1, 0.15) is 17.5 Å². The van der Waals surface area contributed by atoms with Crippen LogP contribution in [-0.4, -0.2) is 19.6 Å². The Kier molecular flexibility index (Phi) is 4.31. The average molecular weight is 207 g/mol. The number of benzene rings is 1. The lowest BCUT2D eigenvalue weighted by Gasteiger charge is -2.15. The van der Waals surface area contributed by atoms with E-state index in [9.17, 15) is 9.90 Å². The SMILES string of the molecule is Cc1ccccc1C[NH+](C)CCC(=O)[O-]. The fraction of sp³-hybridized carbons (Fsp3) is 0.417. The van der Waals surface area contributed by atoms with Gasteiger partial charge in [0.1, 0.15) is 6.54 Å². The summed E-state index contributed by atoms with van der Waals surface area (Å²) in [6.07, 6.45) is 0.123. The second kappa shape index (κ2) is 5.51. The number of aryl methyl sites for hydroxylation is 1. The summed E-state index contributed by atoms with van der Waals surface area (Å²) in [7, 11) is 2.00. The monoisotopic (exact) mass is 207 g/mol. The third kappa shape index (κ3) is 4.13. The van der Waals surface area contributed by atoms with Crippen LogP contribution in [0.3, 0.4) is 0 Å². The van der Waals surface area contributed by atoms with E-state index in [1.54, 1.807) is 0 Å². The number of carboxylic acids is 1. The molecule has 0 heterocycles. The molecule has 3 nitrogen and oxygen atoms in total. The highest BCUT2D eigenvalue weighted by atomic mass is 16.4. The third-order valence-corrected chi connectivity index (χ3v) is 2.51. The van der Waals surface area contributed by atoms with Crippen molar-refractivity contribution in [2.45, 2.75) is 19.9 Å². The summed E-state index contributed by atoms with van der Waals surface area (Å²) in [5.41, 5.74) is 2.53. The molecule has 0 fully saturated rings. The second-order valence-corrected chi connectivity index (χ2v) is 3.93. The molecule has 0 amide bonds. The summed E-state index contributed by atoms with van der Waals surface area (Å²) < 4.78 is 0. The van der Waals surface area contributed by atoms with Crippen LogP contribution in [0, 0.1) is 6.92 Å². The van der Waals surface area contributed by atoms with Crippen LogP contribution >= 0.6 is 0 Å². The highest BCUT2D eigenvalue weighted by Gasteiger charge is 2.05. The summed E-state index contributed by atoms with van der Waals surface area (Å²) in [6.45, 7) is 3.54. The molecule has 1 unspecified atom stereocenters. The molecule has 1 N–H and O–H groups in total. The Labute approximate surface area is 90.3 Å². The molecule has 15 heavy (non-hydrogen) atoms. The Bertz CT molecular complexity index is 336. The van der Waals surface area contributed by atoms with E-state index in [4.69, 9.17) is 0 Å². The highest BCUT2D eigenvalue weighted by molar-refractivity contribution is 5.64. The molecule has 0 bridgehead atoms. The summed E-state index contributed by atoms with van der Waals surface area (Å²) in [4.78, 5) is 11.5. The van der Waals surface area contributed by atoms with Crippen molar-refractivity contribution in [3.05, 3.63) is 35.4 Å². The largest absolute Gasteiger partial charge is 0.550 e. The number of hydrogen-bond acceptors (Lipinski definition) is 2. The summed E-state index contributed by atoms with van der Waals surface area (Å²) in [5.74, 6) is -0.973. The van der Waals surface area contributed by atoms with Crippen molar-refractivity contribution in [2.75, 3.05) is 13.6 Å². The minimum Gasteiger partial charge on any atom is -0.550 e. The molecule has 0 aliphatic rings. The van der Waals surface area contributed by atoms with Crippen LogP contribution in [-0.2, 0) is 11.3 Å². The minimum atomic E-state index is -0.973. The lowest BCUT2D eigenvalue weighted by Crippen LogP contribution is -3.07. The zero-order valence-electron chi connectivity index (χ0n) is 9.25. The molecule has 0 saturated heterocycles. The maximum Gasteiger partial charge on any atom is 0.103 e. The lowest BCUT2D eigenvalue weighted by molar-refractivity contribution is -0.893. The molecule has 82 valence electrons. The first-order chi connectivity index (χ1) is 7.09. The van der Waals surface area contributed by atoms with E-state index in [0.29, 0.717) is 6.54 Å². The Balaban J connectivity index is 2.47. The smallest absolute Gasteiger partial charge is 0.103 e. The summed E-state index contributed by atoms with van der Waals surface area (Å²) in [6, 6.07) is 8.17. The zero-order chi connectivity index (χ0) is 11.3. The van der Waals surface area contributed by atoms with Gasteiger partial charge >= 0.3 is 0 Å². The van der Waals surface area contributed by atoms with Gasteiger partial charge in [-0.1, -0.05) is 24.3 Å². The molecule has 1 aromatic carbocycles. The van der Waals surface area contributed by atoms with Gasteiger partial charge in [-0.3, -0.25) is 0 Å². The first-order valence-electron chi connectivity index (χ1n) is 5.15. The maximum atomic E-state index is 10.3. The number of rotatable bonds is 5. The molecule has 0 saturated carbocycles. The molecular formula is C12H17NO2. The number of nitrogens with one attached hydrogen (secondary N) is 1. The molecule has 3 heteroatoms. The van der Waals surface area contributed by atoms with Gasteiger partial charge in [-0.2, -0.15) is 0 Å². The van der Waals surface area contributed by atoms with Crippen molar-refractivity contribution < 1.29 is 14.8 Å². The van der Waals surface area contributed by atoms with Gasteiger partial charge in [0.15, 0.2) is 0 Å². The fourth-order valence-corrected chi connectivity index (χ4v) is 1.54. The van der Waals surface area contributed by atoms with Gasteiger partial charge in [-0.15, -0.1) is 0 Å². The van der Waals surface area contributed by atoms with Crippen molar-refractivity contribution in [1.29, 1.82) is 0 Å². The van der Waals surface area contributed by atoms with Crippen molar-refractivity contribution >= 4 is 5.97 Å². The van der Waals surface area contributed by atoms with Crippen molar-refractivity contribution in [1.82, 2.24) is 0 Å². The average Bonchev–Trinajstić information content (AvgIpc) is 2.18. The van der Waals surface area contributed by atoms with Gasteiger partial charge in [-0.25, -0.2) is 0 Å². The third-order valence-electron chi connectivity index (χ3n) is 2.51.